The topological polar surface area (TPSA) is 87.2 Å². The summed E-state index contributed by atoms with van der Waals surface area (Å²) < 4.78 is 0. The van der Waals surface area contributed by atoms with Gasteiger partial charge in [-0.1, -0.05) is 133 Å². The van der Waals surface area contributed by atoms with Gasteiger partial charge >= 0.3 is 0 Å². The van der Waals surface area contributed by atoms with Gasteiger partial charge in [0.2, 0.25) is 0 Å². The van der Waals surface area contributed by atoms with Gasteiger partial charge < -0.3 is 11.1 Å². The second kappa shape index (κ2) is 11.2. The summed E-state index contributed by atoms with van der Waals surface area (Å²) in [6, 6.07) is 41.5. The molecule has 0 saturated heterocycles. The van der Waals surface area contributed by atoms with E-state index in [-0.39, 0.29) is 5.84 Å². The Bertz CT molecular complexity index is 1980. The molecule has 0 atom stereocenters. The van der Waals surface area contributed by atoms with Gasteiger partial charge in [-0.15, -0.1) is 0 Å². The van der Waals surface area contributed by atoms with Crippen molar-refractivity contribution in [1.82, 2.24) is 4.98 Å². The van der Waals surface area contributed by atoms with E-state index in [4.69, 9.17) is 10.7 Å². The van der Waals surface area contributed by atoms with E-state index >= 15 is 0 Å². The number of nitrogens with zero attached hydrogens (tertiary/aromatic N) is 2. The average Bonchev–Trinajstić information content (AvgIpc) is 3.60. The molecule has 0 spiro atoms. The van der Waals surface area contributed by atoms with Crippen molar-refractivity contribution < 1.29 is 0 Å². The Kier molecular flexibility index (Phi) is 6.89. The van der Waals surface area contributed by atoms with Crippen molar-refractivity contribution >= 4 is 33.8 Å². The fraction of sp³-hybridized carbons (Fsp3) is 0.0541. The highest BCUT2D eigenvalue weighted by molar-refractivity contribution is 7.18. The summed E-state index contributed by atoms with van der Waals surface area (Å²) in [5, 5.41) is 13.4. The Balaban J connectivity index is 1.46. The number of anilines is 2. The molecule has 43 heavy (non-hydrogen) atoms. The summed E-state index contributed by atoms with van der Waals surface area (Å²) >= 11 is 1.48. The second-order valence-electron chi connectivity index (χ2n) is 10.5. The third-order valence-electron chi connectivity index (χ3n) is 7.79. The Hall–Kier alpha value is -5.33. The molecule has 0 aliphatic carbocycles. The molecule has 0 unspecified atom stereocenters. The highest BCUT2D eigenvalue weighted by atomic mass is 32.1. The zero-order chi connectivity index (χ0) is 29.3. The molecule has 5 nitrogen and oxygen atoms in total. The molecule has 1 aromatic heterocycles. The number of benzene rings is 5. The fourth-order valence-corrected chi connectivity index (χ4v) is 6.78. The number of hydrogen-bond donors (Lipinski definition) is 3. The molecule has 0 amide bonds. The number of nitrogens with two attached hydrogens (primary N) is 1. The van der Waals surface area contributed by atoms with E-state index in [1.165, 1.54) is 11.3 Å². The molecule has 208 valence electrons. The van der Waals surface area contributed by atoms with Gasteiger partial charge in [0.25, 0.3) is 0 Å². The number of aromatic nitrogens is 1. The first-order valence-corrected chi connectivity index (χ1v) is 15.0. The smallest absolute Gasteiger partial charge is 0.185 e. The molecule has 7 rings (SSSR count). The van der Waals surface area contributed by atoms with Gasteiger partial charge in [-0.3, -0.25) is 5.41 Å². The number of amidine groups is 1. The average molecular weight is 576 g/mol. The van der Waals surface area contributed by atoms with Crippen molar-refractivity contribution in [3.8, 4) is 33.4 Å². The van der Waals surface area contributed by atoms with Crippen LogP contribution in [0.5, 0.6) is 0 Å². The van der Waals surface area contributed by atoms with Gasteiger partial charge in [0.05, 0.1) is 10.6 Å². The quantitative estimate of drug-likeness (QED) is 0.178. The summed E-state index contributed by atoms with van der Waals surface area (Å²) in [5.41, 5.74) is 17.7. The van der Waals surface area contributed by atoms with E-state index in [1.54, 1.807) is 0 Å². The van der Waals surface area contributed by atoms with E-state index in [0.717, 1.165) is 65.6 Å². The van der Waals surface area contributed by atoms with E-state index in [2.05, 4.69) is 90.0 Å². The van der Waals surface area contributed by atoms with Crippen molar-refractivity contribution in [1.29, 1.82) is 5.41 Å². The molecule has 0 bridgehead atoms. The molecule has 6 heteroatoms. The van der Waals surface area contributed by atoms with Crippen LogP contribution in [0.1, 0.15) is 27.1 Å². The minimum Gasteiger partial charge on any atom is -0.382 e. The van der Waals surface area contributed by atoms with Gasteiger partial charge in [0, 0.05) is 23.2 Å². The van der Waals surface area contributed by atoms with Crippen LogP contribution in [0.25, 0.3) is 33.4 Å². The lowest BCUT2D eigenvalue weighted by Crippen LogP contribution is -2.09. The first kappa shape index (κ1) is 26.6. The minimum atomic E-state index is 0.232. The molecule has 4 N–H and O–H groups in total. The lowest BCUT2D eigenvalue weighted by atomic mass is 9.79. The SMILES string of the molecule is Cc1c2c(c(-c3ccccc3)c(-c3ccccc3)c1-c1ccccc1)C(=N)N=C2c1sc(NCc2ccccc2)nc1N. The van der Waals surface area contributed by atoms with Crippen LogP contribution in [0.2, 0.25) is 0 Å². The fourth-order valence-electron chi connectivity index (χ4n) is 5.90. The maximum atomic E-state index is 9.24. The van der Waals surface area contributed by atoms with Gasteiger partial charge in [-0.05, 0) is 45.9 Å². The summed E-state index contributed by atoms with van der Waals surface area (Å²) in [6.45, 7) is 2.78. The van der Waals surface area contributed by atoms with Crippen molar-refractivity contribution in [2.24, 2.45) is 4.99 Å². The second-order valence-corrected chi connectivity index (χ2v) is 11.5. The van der Waals surface area contributed by atoms with E-state index in [9.17, 15) is 5.41 Å². The van der Waals surface area contributed by atoms with Crippen LogP contribution in [-0.2, 0) is 6.54 Å². The van der Waals surface area contributed by atoms with Gasteiger partial charge in [0.1, 0.15) is 5.82 Å². The number of rotatable bonds is 7. The normalized spacial score (nSPS) is 12.2. The Morgan fingerprint density at radius 3 is 1.70 bits per heavy atom. The number of nitrogens with one attached hydrogen (secondary N) is 2. The number of hydrogen-bond acceptors (Lipinski definition) is 5. The van der Waals surface area contributed by atoms with Crippen LogP contribution >= 0.6 is 11.3 Å². The Labute approximate surface area is 255 Å². The third-order valence-corrected chi connectivity index (χ3v) is 8.83. The Morgan fingerprint density at radius 2 is 1.14 bits per heavy atom. The van der Waals surface area contributed by atoms with Crippen LogP contribution in [0, 0.1) is 12.3 Å². The van der Waals surface area contributed by atoms with Crippen molar-refractivity contribution in [2.75, 3.05) is 11.1 Å². The molecule has 1 aliphatic rings. The maximum absolute atomic E-state index is 9.24. The minimum absolute atomic E-state index is 0.232. The molecule has 0 fully saturated rings. The molecule has 5 aromatic carbocycles. The largest absolute Gasteiger partial charge is 0.382 e. The number of fused-ring (bicyclic) bond motifs is 1. The molecular weight excluding hydrogens is 547 g/mol. The summed E-state index contributed by atoms with van der Waals surface area (Å²) in [5.74, 6) is 0.643. The summed E-state index contributed by atoms with van der Waals surface area (Å²) in [4.78, 5) is 10.3. The summed E-state index contributed by atoms with van der Waals surface area (Å²) in [6.07, 6.45) is 0. The molecule has 0 saturated carbocycles. The van der Waals surface area contributed by atoms with E-state index in [1.807, 2.05) is 48.5 Å². The predicted octanol–water partition coefficient (Wildman–Crippen LogP) is 8.82. The van der Waals surface area contributed by atoms with Crippen LogP contribution < -0.4 is 11.1 Å². The first-order valence-electron chi connectivity index (χ1n) is 14.2. The first-order chi connectivity index (χ1) is 21.1. The number of aliphatic imine (C=N–C) groups is 1. The zero-order valence-electron chi connectivity index (χ0n) is 23.6. The highest BCUT2D eigenvalue weighted by Gasteiger charge is 2.34. The number of nitrogen functional groups attached to an aromatic ring is 1. The van der Waals surface area contributed by atoms with Crippen molar-refractivity contribution in [3.63, 3.8) is 0 Å². The van der Waals surface area contributed by atoms with E-state index < -0.39 is 0 Å². The van der Waals surface area contributed by atoms with E-state index in [0.29, 0.717) is 18.1 Å². The molecule has 1 aliphatic heterocycles. The molecule has 0 radical (unpaired) electrons. The van der Waals surface area contributed by atoms with Gasteiger partial charge in [0.15, 0.2) is 11.0 Å². The zero-order valence-corrected chi connectivity index (χ0v) is 24.5. The monoisotopic (exact) mass is 575 g/mol. The van der Waals surface area contributed by atoms with Crippen LogP contribution in [-0.4, -0.2) is 16.5 Å². The van der Waals surface area contributed by atoms with Crippen LogP contribution in [0.15, 0.2) is 126 Å². The highest BCUT2D eigenvalue weighted by Crippen LogP contribution is 2.49. The van der Waals surface area contributed by atoms with Gasteiger partial charge in [-0.25, -0.2) is 9.98 Å². The van der Waals surface area contributed by atoms with Crippen molar-refractivity contribution in [3.05, 3.63) is 148 Å². The molecular formula is C37H29N5S. The summed E-state index contributed by atoms with van der Waals surface area (Å²) in [7, 11) is 0. The number of thiazole rings is 1. The maximum Gasteiger partial charge on any atom is 0.185 e. The van der Waals surface area contributed by atoms with Crippen molar-refractivity contribution in [2.45, 2.75) is 13.5 Å². The van der Waals surface area contributed by atoms with Gasteiger partial charge in [-0.2, -0.15) is 0 Å². The molecule has 2 heterocycles. The Morgan fingerprint density at radius 1 is 0.651 bits per heavy atom. The lowest BCUT2D eigenvalue weighted by Gasteiger charge is -2.23. The molecule has 6 aromatic rings. The lowest BCUT2D eigenvalue weighted by molar-refractivity contribution is 1.14. The van der Waals surface area contributed by atoms with Crippen LogP contribution in [0.4, 0.5) is 10.9 Å². The van der Waals surface area contributed by atoms with Crippen LogP contribution in [0.3, 0.4) is 0 Å². The third kappa shape index (κ3) is 4.82. The standard InChI is InChI=1S/C37H29N5S/c1-23-28(25-16-8-3-9-17-25)30(26-18-10-4-11-19-26)31(27-20-12-5-13-21-27)32-29(23)33(41-35(32)38)34-36(39)42-37(43-34)40-22-24-14-6-2-7-15-24/h2-21,38H,22,39H2,1H3,(H,40,42). The predicted molar refractivity (Wildman–Crippen MR) is 180 cm³/mol.